The lowest BCUT2D eigenvalue weighted by atomic mass is 9.97. The molecule has 1 aliphatic carbocycles. The smallest absolute Gasteiger partial charge is 0.0932 e. The molecule has 0 fully saturated rings. The van der Waals surface area contributed by atoms with Crippen molar-refractivity contribution in [1.29, 1.82) is 0 Å². The maximum atomic E-state index is 11.9. The van der Waals surface area contributed by atoms with Gasteiger partial charge in [-0.2, -0.15) is 0 Å². The molecule has 0 amide bonds. The van der Waals surface area contributed by atoms with E-state index in [1.54, 1.807) is 0 Å². The summed E-state index contributed by atoms with van der Waals surface area (Å²) in [7, 11) is 0. The largest absolute Gasteiger partial charge is 0.251 e. The fraction of sp³-hybridized carbons (Fsp3) is 0.750. The van der Waals surface area contributed by atoms with Crippen LogP contribution in [-0.2, 0) is 0 Å². The van der Waals surface area contributed by atoms with Gasteiger partial charge in [0.25, 0.3) is 0 Å². The van der Waals surface area contributed by atoms with Crippen LogP contribution in [-0.4, -0.2) is 6.67 Å². The lowest BCUT2D eigenvalue weighted by Gasteiger charge is -2.14. The van der Waals surface area contributed by atoms with Crippen molar-refractivity contribution >= 4 is 11.6 Å². The van der Waals surface area contributed by atoms with Gasteiger partial charge in [-0.25, -0.2) is 0 Å². The Kier molecular flexibility index (Phi) is 3.20. The first-order valence-electron chi connectivity index (χ1n) is 3.77. The van der Waals surface area contributed by atoms with Crippen LogP contribution in [0.5, 0.6) is 0 Å². The summed E-state index contributed by atoms with van der Waals surface area (Å²) in [6, 6.07) is 0. The topological polar surface area (TPSA) is 0 Å². The van der Waals surface area contributed by atoms with E-state index in [9.17, 15) is 4.39 Å². The molecule has 0 nitrogen and oxygen atoms in total. The maximum absolute atomic E-state index is 11.9. The normalized spacial score (nSPS) is 19.8. The van der Waals surface area contributed by atoms with Gasteiger partial charge >= 0.3 is 0 Å². The van der Waals surface area contributed by atoms with E-state index in [0.717, 1.165) is 23.4 Å². The number of rotatable bonds is 2. The standard InChI is InChI=1S/C8H12ClF/c9-8-4-2-1-3-7(8)5-6-10/h1-6H2. The highest BCUT2D eigenvalue weighted by atomic mass is 35.5. The van der Waals surface area contributed by atoms with Gasteiger partial charge in [0.05, 0.1) is 6.67 Å². The average molecular weight is 163 g/mol. The molecule has 0 saturated carbocycles. The number of allylic oxidation sites excluding steroid dienone is 2. The molecular weight excluding hydrogens is 151 g/mol. The first-order chi connectivity index (χ1) is 4.84. The number of hydrogen-bond acceptors (Lipinski definition) is 0. The minimum absolute atomic E-state index is 0.258. The Hall–Kier alpha value is -0.0400. The molecule has 0 saturated heterocycles. The first-order valence-corrected chi connectivity index (χ1v) is 4.14. The Labute approximate surface area is 66.1 Å². The molecule has 0 unspecified atom stereocenters. The van der Waals surface area contributed by atoms with Gasteiger partial charge in [-0.1, -0.05) is 17.2 Å². The monoisotopic (exact) mass is 162 g/mol. The molecule has 2 heteroatoms. The summed E-state index contributed by atoms with van der Waals surface area (Å²) in [6.07, 6.45) is 4.90. The molecule has 10 heavy (non-hydrogen) atoms. The zero-order valence-electron chi connectivity index (χ0n) is 6.00. The molecule has 58 valence electrons. The zero-order valence-corrected chi connectivity index (χ0v) is 6.75. The number of hydrogen-bond donors (Lipinski definition) is 0. The van der Waals surface area contributed by atoms with Gasteiger partial charge in [0.2, 0.25) is 0 Å². The summed E-state index contributed by atoms with van der Waals surface area (Å²) in [5.74, 6) is 0. The minimum Gasteiger partial charge on any atom is -0.251 e. The quantitative estimate of drug-likeness (QED) is 0.584. The van der Waals surface area contributed by atoms with Gasteiger partial charge in [-0.15, -0.1) is 0 Å². The molecular formula is C8H12ClF. The summed E-state index contributed by atoms with van der Waals surface area (Å²) >= 11 is 5.87. The van der Waals surface area contributed by atoms with E-state index in [0.29, 0.717) is 6.42 Å². The van der Waals surface area contributed by atoms with Crippen molar-refractivity contribution in [3.63, 3.8) is 0 Å². The molecule has 0 aromatic carbocycles. The van der Waals surface area contributed by atoms with Crippen LogP contribution < -0.4 is 0 Å². The van der Waals surface area contributed by atoms with Crippen LogP contribution in [0.1, 0.15) is 32.1 Å². The van der Waals surface area contributed by atoms with E-state index in [-0.39, 0.29) is 6.67 Å². The van der Waals surface area contributed by atoms with Crippen LogP contribution >= 0.6 is 11.6 Å². The fourth-order valence-electron chi connectivity index (χ4n) is 1.31. The van der Waals surface area contributed by atoms with E-state index in [4.69, 9.17) is 11.6 Å². The molecule has 1 aliphatic rings. The summed E-state index contributed by atoms with van der Waals surface area (Å²) in [4.78, 5) is 0. The second kappa shape index (κ2) is 3.97. The Morgan fingerprint density at radius 3 is 2.60 bits per heavy atom. The highest BCUT2D eigenvalue weighted by molar-refractivity contribution is 6.30. The third kappa shape index (κ3) is 1.98. The Balaban J connectivity index is 2.50. The van der Waals surface area contributed by atoms with Crippen LogP contribution in [0.3, 0.4) is 0 Å². The van der Waals surface area contributed by atoms with Crippen molar-refractivity contribution in [3.05, 3.63) is 10.6 Å². The lowest BCUT2D eigenvalue weighted by Crippen LogP contribution is -1.96. The molecule has 0 heterocycles. The fourth-order valence-corrected chi connectivity index (χ4v) is 1.63. The van der Waals surface area contributed by atoms with E-state index in [1.807, 2.05) is 0 Å². The third-order valence-electron chi connectivity index (χ3n) is 1.90. The molecule has 0 aromatic heterocycles. The van der Waals surface area contributed by atoms with Crippen molar-refractivity contribution in [2.24, 2.45) is 0 Å². The van der Waals surface area contributed by atoms with Crippen molar-refractivity contribution in [2.75, 3.05) is 6.67 Å². The van der Waals surface area contributed by atoms with E-state index >= 15 is 0 Å². The van der Waals surface area contributed by atoms with Crippen LogP contribution in [0.2, 0.25) is 0 Å². The Morgan fingerprint density at radius 2 is 2.00 bits per heavy atom. The van der Waals surface area contributed by atoms with Crippen molar-refractivity contribution in [3.8, 4) is 0 Å². The van der Waals surface area contributed by atoms with Gasteiger partial charge in [-0.3, -0.25) is 4.39 Å². The van der Waals surface area contributed by atoms with Crippen molar-refractivity contribution in [1.82, 2.24) is 0 Å². The molecule has 1 rings (SSSR count). The van der Waals surface area contributed by atoms with Crippen LogP contribution in [0, 0.1) is 0 Å². The SMILES string of the molecule is FCCC1=C(Cl)CCCC1. The summed E-state index contributed by atoms with van der Waals surface area (Å²) in [5.41, 5.74) is 1.15. The van der Waals surface area contributed by atoms with Gasteiger partial charge in [-0.05, 0) is 32.1 Å². The molecule has 0 aromatic rings. The van der Waals surface area contributed by atoms with Crippen LogP contribution in [0.15, 0.2) is 10.6 Å². The van der Waals surface area contributed by atoms with Crippen LogP contribution in [0.4, 0.5) is 4.39 Å². The molecule has 0 N–H and O–H groups in total. The van der Waals surface area contributed by atoms with Crippen molar-refractivity contribution < 1.29 is 4.39 Å². The summed E-state index contributed by atoms with van der Waals surface area (Å²) < 4.78 is 11.9. The second-order valence-electron chi connectivity index (χ2n) is 2.65. The molecule has 0 bridgehead atoms. The van der Waals surface area contributed by atoms with Gasteiger partial charge in [0.1, 0.15) is 0 Å². The van der Waals surface area contributed by atoms with Gasteiger partial charge in [0.15, 0.2) is 0 Å². The number of alkyl halides is 1. The summed E-state index contributed by atoms with van der Waals surface area (Å²) in [6.45, 7) is -0.258. The van der Waals surface area contributed by atoms with E-state index < -0.39 is 0 Å². The highest BCUT2D eigenvalue weighted by Gasteiger charge is 2.09. The summed E-state index contributed by atoms with van der Waals surface area (Å²) in [5, 5.41) is 0.920. The third-order valence-corrected chi connectivity index (χ3v) is 2.36. The number of halogens is 2. The molecule has 0 radical (unpaired) electrons. The Bertz CT molecular complexity index is 140. The Morgan fingerprint density at radius 1 is 1.30 bits per heavy atom. The minimum atomic E-state index is -0.258. The molecule has 0 atom stereocenters. The highest BCUT2D eigenvalue weighted by Crippen LogP contribution is 2.29. The van der Waals surface area contributed by atoms with Crippen molar-refractivity contribution in [2.45, 2.75) is 32.1 Å². The molecule has 0 spiro atoms. The average Bonchev–Trinajstić information content (AvgIpc) is 1.94. The lowest BCUT2D eigenvalue weighted by molar-refractivity contribution is 0.483. The predicted octanol–water partition coefficient (Wildman–Crippen LogP) is 3.41. The van der Waals surface area contributed by atoms with E-state index in [2.05, 4.69) is 0 Å². The predicted molar refractivity (Wildman–Crippen MR) is 41.9 cm³/mol. The van der Waals surface area contributed by atoms with Gasteiger partial charge in [0, 0.05) is 5.03 Å². The molecule has 0 aliphatic heterocycles. The zero-order chi connectivity index (χ0) is 7.40. The van der Waals surface area contributed by atoms with E-state index in [1.165, 1.54) is 12.8 Å². The van der Waals surface area contributed by atoms with Crippen LogP contribution in [0.25, 0.3) is 0 Å². The van der Waals surface area contributed by atoms with Gasteiger partial charge < -0.3 is 0 Å². The first kappa shape index (κ1) is 8.06. The maximum Gasteiger partial charge on any atom is 0.0932 e. The second-order valence-corrected chi connectivity index (χ2v) is 3.11.